The van der Waals surface area contributed by atoms with Crippen LogP contribution in [0.15, 0.2) is 60.7 Å². The molecule has 0 fully saturated rings. The van der Waals surface area contributed by atoms with Crippen molar-refractivity contribution in [1.82, 2.24) is 4.90 Å². The maximum Gasteiger partial charge on any atom is 0.167 e. The Hall–Kier alpha value is -2.26. The van der Waals surface area contributed by atoms with Gasteiger partial charge in [-0.25, -0.2) is 0 Å². The van der Waals surface area contributed by atoms with Gasteiger partial charge in [-0.05, 0) is 20.0 Å². The first-order chi connectivity index (χ1) is 11.5. The fourth-order valence-corrected chi connectivity index (χ4v) is 2.91. The van der Waals surface area contributed by atoms with Crippen molar-refractivity contribution < 1.29 is 9.59 Å². The minimum Gasteiger partial charge on any atom is -0.309 e. The van der Waals surface area contributed by atoms with E-state index < -0.39 is 0 Å². The number of carbonyl (C=O) groups is 2. The van der Waals surface area contributed by atoms with Gasteiger partial charge in [-0.2, -0.15) is 0 Å². The standard InChI is InChI=1S/C21H25NO2/c1-16(14-20(23)17-10-6-4-7-11-17)19(15-22(2)3)21(24)18-12-8-5-9-13-18/h4-13,16,19H,14-15H2,1-3H3. The van der Waals surface area contributed by atoms with Gasteiger partial charge in [-0.15, -0.1) is 0 Å². The number of hydrogen-bond acceptors (Lipinski definition) is 3. The van der Waals surface area contributed by atoms with Gasteiger partial charge in [0.1, 0.15) is 0 Å². The number of ketones is 2. The van der Waals surface area contributed by atoms with E-state index in [1.807, 2.05) is 86.6 Å². The van der Waals surface area contributed by atoms with E-state index in [9.17, 15) is 9.59 Å². The van der Waals surface area contributed by atoms with E-state index in [2.05, 4.69) is 0 Å². The van der Waals surface area contributed by atoms with Gasteiger partial charge in [-0.1, -0.05) is 67.6 Å². The lowest BCUT2D eigenvalue weighted by molar-refractivity contribution is 0.0817. The van der Waals surface area contributed by atoms with Crippen LogP contribution >= 0.6 is 0 Å². The zero-order valence-corrected chi connectivity index (χ0v) is 14.6. The van der Waals surface area contributed by atoms with Crippen LogP contribution in [0.2, 0.25) is 0 Å². The average molecular weight is 323 g/mol. The summed E-state index contributed by atoms with van der Waals surface area (Å²) in [6.07, 6.45) is 0.376. The third-order valence-electron chi connectivity index (χ3n) is 4.25. The second-order valence-electron chi connectivity index (χ2n) is 6.57. The molecule has 24 heavy (non-hydrogen) atoms. The van der Waals surface area contributed by atoms with Crippen molar-refractivity contribution in [3.8, 4) is 0 Å². The zero-order valence-electron chi connectivity index (χ0n) is 14.6. The number of benzene rings is 2. The number of hydrogen-bond donors (Lipinski definition) is 0. The van der Waals surface area contributed by atoms with Crippen molar-refractivity contribution in [3.63, 3.8) is 0 Å². The van der Waals surface area contributed by atoms with E-state index in [-0.39, 0.29) is 23.4 Å². The molecule has 2 aromatic carbocycles. The molecule has 0 saturated carbocycles. The van der Waals surface area contributed by atoms with Crippen LogP contribution in [-0.2, 0) is 0 Å². The predicted molar refractivity (Wildman–Crippen MR) is 97.4 cm³/mol. The van der Waals surface area contributed by atoms with E-state index in [0.717, 1.165) is 0 Å². The summed E-state index contributed by atoms with van der Waals surface area (Å²) in [6.45, 7) is 2.63. The molecule has 0 spiro atoms. The van der Waals surface area contributed by atoms with E-state index in [1.54, 1.807) is 0 Å². The summed E-state index contributed by atoms with van der Waals surface area (Å²) in [5.41, 5.74) is 1.42. The molecule has 2 rings (SSSR count). The molecule has 2 aromatic rings. The first-order valence-electron chi connectivity index (χ1n) is 8.31. The Bertz CT molecular complexity index is 665. The van der Waals surface area contributed by atoms with Gasteiger partial charge in [-0.3, -0.25) is 9.59 Å². The Morgan fingerprint density at radius 3 is 1.88 bits per heavy atom. The minimum atomic E-state index is -0.199. The van der Waals surface area contributed by atoms with Gasteiger partial charge in [0.15, 0.2) is 11.6 Å². The zero-order chi connectivity index (χ0) is 17.5. The average Bonchev–Trinajstić information content (AvgIpc) is 2.60. The maximum atomic E-state index is 12.9. The molecule has 0 amide bonds. The molecule has 3 nitrogen and oxygen atoms in total. The van der Waals surface area contributed by atoms with Crippen molar-refractivity contribution in [2.24, 2.45) is 11.8 Å². The van der Waals surface area contributed by atoms with Crippen LogP contribution in [0.25, 0.3) is 0 Å². The molecule has 0 aliphatic rings. The smallest absolute Gasteiger partial charge is 0.167 e. The van der Waals surface area contributed by atoms with Crippen LogP contribution in [-0.4, -0.2) is 37.1 Å². The highest BCUT2D eigenvalue weighted by molar-refractivity contribution is 5.99. The minimum absolute atomic E-state index is 0.0205. The van der Waals surface area contributed by atoms with Crippen molar-refractivity contribution in [1.29, 1.82) is 0 Å². The molecule has 3 heteroatoms. The van der Waals surface area contributed by atoms with Gasteiger partial charge < -0.3 is 4.90 Å². The Labute approximate surface area is 144 Å². The fourth-order valence-electron chi connectivity index (χ4n) is 2.91. The lowest BCUT2D eigenvalue weighted by atomic mass is 9.82. The van der Waals surface area contributed by atoms with E-state index >= 15 is 0 Å². The van der Waals surface area contributed by atoms with Crippen LogP contribution in [0.5, 0.6) is 0 Å². The molecular formula is C21H25NO2. The molecule has 0 bridgehead atoms. The molecule has 0 aliphatic carbocycles. The highest BCUT2D eigenvalue weighted by Crippen LogP contribution is 2.23. The Morgan fingerprint density at radius 2 is 1.38 bits per heavy atom. The molecule has 0 N–H and O–H groups in total. The highest BCUT2D eigenvalue weighted by Gasteiger charge is 2.28. The molecule has 126 valence electrons. The summed E-state index contributed by atoms with van der Waals surface area (Å²) >= 11 is 0. The lowest BCUT2D eigenvalue weighted by Crippen LogP contribution is -2.33. The van der Waals surface area contributed by atoms with Crippen molar-refractivity contribution in [2.45, 2.75) is 13.3 Å². The van der Waals surface area contributed by atoms with Crippen LogP contribution in [0, 0.1) is 11.8 Å². The summed E-state index contributed by atoms with van der Waals surface area (Å²) in [5, 5.41) is 0. The Kier molecular flexibility index (Phi) is 6.44. The quantitative estimate of drug-likeness (QED) is 0.690. The summed E-state index contributed by atoms with van der Waals surface area (Å²) < 4.78 is 0. The first kappa shape index (κ1) is 18.1. The normalized spacial score (nSPS) is 13.5. The van der Waals surface area contributed by atoms with Crippen LogP contribution in [0.1, 0.15) is 34.1 Å². The first-order valence-corrected chi connectivity index (χ1v) is 8.31. The van der Waals surface area contributed by atoms with Gasteiger partial charge in [0, 0.05) is 30.0 Å². The molecular weight excluding hydrogens is 298 g/mol. The fraction of sp³-hybridized carbons (Fsp3) is 0.333. The monoisotopic (exact) mass is 323 g/mol. The van der Waals surface area contributed by atoms with Gasteiger partial charge >= 0.3 is 0 Å². The van der Waals surface area contributed by atoms with E-state index in [4.69, 9.17) is 0 Å². The second-order valence-corrected chi connectivity index (χ2v) is 6.57. The van der Waals surface area contributed by atoms with Crippen LogP contribution in [0.3, 0.4) is 0 Å². The number of nitrogens with zero attached hydrogens (tertiary/aromatic N) is 1. The molecule has 0 aliphatic heterocycles. The predicted octanol–water partition coefficient (Wildman–Crippen LogP) is 3.96. The topological polar surface area (TPSA) is 37.4 Å². The largest absolute Gasteiger partial charge is 0.309 e. The molecule has 0 aromatic heterocycles. The second kappa shape index (κ2) is 8.55. The van der Waals surface area contributed by atoms with Crippen molar-refractivity contribution >= 4 is 11.6 Å². The number of rotatable bonds is 8. The van der Waals surface area contributed by atoms with Crippen LogP contribution < -0.4 is 0 Å². The molecule has 2 unspecified atom stereocenters. The van der Waals surface area contributed by atoms with Crippen molar-refractivity contribution in [3.05, 3.63) is 71.8 Å². The molecule has 0 saturated heterocycles. The molecule has 0 heterocycles. The third-order valence-corrected chi connectivity index (χ3v) is 4.25. The number of Topliss-reactive ketones (excluding diaryl/α,β-unsaturated/α-hetero) is 2. The maximum absolute atomic E-state index is 12.9. The summed E-state index contributed by atoms with van der Waals surface area (Å²) in [4.78, 5) is 27.4. The SMILES string of the molecule is CC(CC(=O)c1ccccc1)C(CN(C)C)C(=O)c1ccccc1. The van der Waals surface area contributed by atoms with Gasteiger partial charge in [0.05, 0.1) is 0 Å². The Balaban J connectivity index is 2.15. The van der Waals surface area contributed by atoms with Crippen LogP contribution in [0.4, 0.5) is 0 Å². The van der Waals surface area contributed by atoms with Crippen molar-refractivity contribution in [2.75, 3.05) is 20.6 Å². The Morgan fingerprint density at radius 1 is 0.875 bits per heavy atom. The van der Waals surface area contributed by atoms with Gasteiger partial charge in [0.25, 0.3) is 0 Å². The van der Waals surface area contributed by atoms with Gasteiger partial charge in [0.2, 0.25) is 0 Å². The van der Waals surface area contributed by atoms with E-state index in [1.165, 1.54) is 0 Å². The third kappa shape index (κ3) is 4.87. The highest BCUT2D eigenvalue weighted by atomic mass is 16.1. The summed E-state index contributed by atoms with van der Waals surface area (Å²) in [6, 6.07) is 18.6. The molecule has 2 atom stereocenters. The lowest BCUT2D eigenvalue weighted by Gasteiger charge is -2.25. The van der Waals surface area contributed by atoms with E-state index in [0.29, 0.717) is 24.1 Å². The summed E-state index contributed by atoms with van der Waals surface area (Å²) in [7, 11) is 3.91. The number of carbonyl (C=O) groups excluding carboxylic acids is 2. The molecule has 0 radical (unpaired) electrons. The summed E-state index contributed by atoms with van der Waals surface area (Å²) in [5.74, 6) is -0.0201.